The molecule has 4 aliphatic heterocycles. The van der Waals surface area contributed by atoms with Crippen LogP contribution in [-0.4, -0.2) is 25.4 Å². The highest BCUT2D eigenvalue weighted by Crippen LogP contribution is 2.49. The number of fused-ring (bicyclic) bond motifs is 8. The first kappa shape index (κ1) is 42.8. The molecule has 0 fully saturated rings. The number of rotatable bonds is 8. The van der Waals surface area contributed by atoms with E-state index in [2.05, 4.69) is 155 Å². The van der Waals surface area contributed by atoms with Gasteiger partial charge in [0.2, 0.25) is 13.4 Å². The predicted octanol–water partition coefficient (Wildman–Crippen LogP) is 11.9. The molecule has 0 amide bonds. The summed E-state index contributed by atoms with van der Waals surface area (Å²) in [6.45, 7) is 0.0751. The highest BCUT2D eigenvalue weighted by molar-refractivity contribution is 7.02. The van der Waals surface area contributed by atoms with Gasteiger partial charge in [-0.1, -0.05) is 181 Å². The van der Waals surface area contributed by atoms with Crippen LogP contribution in [0.2, 0.25) is 0 Å². The van der Waals surface area contributed by atoms with Crippen molar-refractivity contribution < 1.29 is 19.1 Å². The Morgan fingerprint density at radius 3 is 1.14 bits per heavy atom. The third kappa shape index (κ3) is 6.18. The maximum Gasteiger partial charge on any atom is 0.338 e. The van der Waals surface area contributed by atoms with Crippen molar-refractivity contribution in [1.82, 2.24) is 0 Å². The number of hydrogen-bond donors (Lipinski definition) is 0. The molecule has 4 heterocycles. The molecule has 16 rings (SSSR count). The maximum atomic E-state index is 14.5. The van der Waals surface area contributed by atoms with Crippen molar-refractivity contribution in [3.63, 3.8) is 0 Å². The van der Waals surface area contributed by atoms with Gasteiger partial charge in [0, 0.05) is 34.1 Å². The smallest absolute Gasteiger partial charge is 0.338 e. The van der Waals surface area contributed by atoms with Crippen molar-refractivity contribution in [2.24, 2.45) is 0 Å². The van der Waals surface area contributed by atoms with E-state index in [-0.39, 0.29) is 38.6 Å². The Labute approximate surface area is 439 Å². The first-order chi connectivity index (χ1) is 37.6. The second-order valence-electron chi connectivity index (χ2n) is 20.5. The standard InChI is InChI=1S/C68H42B2N2O4/c73-67(75-39-41-17-5-1-6-18-41)45-33-51-49-31-29-43-36-56-64-50(32-30-44-35-55(63(49)61(43)62(44)64)69-53-25-13-15-27-57(53)71(59(37-45)65(51)69)47-21-9-3-10-22-47)52-34-46(68(74)76-40-42-19-7-2-8-20-42)38-60-66(52)70(56)54-26-14-16-28-58(54)72(60)48-23-11-4-12-24-48/h1-38H,39-40H2. The lowest BCUT2D eigenvalue weighted by Gasteiger charge is -2.42. The van der Waals surface area contributed by atoms with Crippen LogP contribution in [-0.2, 0) is 22.7 Å². The van der Waals surface area contributed by atoms with Crippen molar-refractivity contribution in [3.8, 4) is 22.3 Å². The van der Waals surface area contributed by atoms with Crippen molar-refractivity contribution in [3.05, 3.63) is 253 Å². The Morgan fingerprint density at radius 1 is 0.342 bits per heavy atom. The molecule has 0 radical (unpaired) electrons. The molecular formula is C68H42B2N2O4. The Kier molecular flexibility index (Phi) is 9.25. The minimum atomic E-state index is -0.369. The van der Waals surface area contributed by atoms with Gasteiger partial charge in [0.25, 0.3) is 0 Å². The van der Waals surface area contributed by atoms with Crippen molar-refractivity contribution in [2.75, 3.05) is 9.80 Å². The molecule has 354 valence electrons. The molecule has 0 unspecified atom stereocenters. The average Bonchev–Trinajstić information content (AvgIpc) is 3.63. The van der Waals surface area contributed by atoms with Crippen LogP contribution in [0, 0.1) is 0 Å². The molecule has 0 atom stereocenters. The lowest BCUT2D eigenvalue weighted by atomic mass is 9.31. The van der Waals surface area contributed by atoms with Gasteiger partial charge in [-0.15, -0.1) is 0 Å². The van der Waals surface area contributed by atoms with Gasteiger partial charge >= 0.3 is 11.9 Å². The van der Waals surface area contributed by atoms with E-state index in [1.807, 2.05) is 84.9 Å². The highest BCUT2D eigenvalue weighted by atomic mass is 16.5. The Balaban J connectivity index is 0.959. The number of anilines is 6. The fourth-order valence-corrected chi connectivity index (χ4v) is 13.3. The monoisotopic (exact) mass is 972 g/mol. The van der Waals surface area contributed by atoms with Crippen LogP contribution in [0.4, 0.5) is 34.1 Å². The van der Waals surface area contributed by atoms with E-state index < -0.39 is 0 Å². The maximum absolute atomic E-state index is 14.5. The van der Waals surface area contributed by atoms with Gasteiger partial charge < -0.3 is 19.3 Å². The van der Waals surface area contributed by atoms with E-state index in [1.165, 1.54) is 54.3 Å². The number of ether oxygens (including phenoxy) is 2. The summed E-state index contributed by atoms with van der Waals surface area (Å²) in [5.41, 5.74) is 20.5. The number of hydrogen-bond acceptors (Lipinski definition) is 6. The quantitative estimate of drug-likeness (QED) is 0.0859. The number of benzene rings is 12. The predicted molar refractivity (Wildman–Crippen MR) is 311 cm³/mol. The van der Waals surface area contributed by atoms with Gasteiger partial charge in [-0.3, -0.25) is 0 Å². The number of para-hydroxylation sites is 4. The minimum Gasteiger partial charge on any atom is -0.457 e. The normalized spacial score (nSPS) is 13.1. The van der Waals surface area contributed by atoms with Gasteiger partial charge in [-0.05, 0) is 148 Å². The van der Waals surface area contributed by atoms with Crippen LogP contribution < -0.4 is 42.6 Å². The second kappa shape index (κ2) is 16.4. The molecule has 0 aromatic heterocycles. The SMILES string of the molecule is O=C(OCc1ccccc1)c1cc2c3c(c1)N(c1ccccc1)c1ccccc1B3c1cc3ccc4c5c(cc6ccc-2c1c6c35)B1c2ccccc2N(c2ccccc2)c2cc(C(=O)OCc3ccccc3)cc-4c21. The molecule has 0 spiro atoms. The van der Waals surface area contributed by atoms with E-state index in [0.29, 0.717) is 11.1 Å². The fraction of sp³-hybridized carbons (Fsp3) is 0.0294. The molecule has 12 aromatic carbocycles. The summed E-state index contributed by atoms with van der Waals surface area (Å²) in [6.07, 6.45) is 0. The number of carbonyl (C=O) groups excluding carboxylic acids is 2. The molecule has 76 heavy (non-hydrogen) atoms. The van der Waals surface area contributed by atoms with Crippen molar-refractivity contribution in [1.29, 1.82) is 0 Å². The van der Waals surface area contributed by atoms with Gasteiger partial charge in [0.1, 0.15) is 13.2 Å². The summed E-state index contributed by atoms with van der Waals surface area (Å²) in [5.74, 6) is -0.739. The first-order valence-electron chi connectivity index (χ1n) is 26.0. The number of esters is 2. The molecule has 0 bridgehead atoms. The van der Waals surface area contributed by atoms with Gasteiger partial charge in [-0.25, -0.2) is 9.59 Å². The lowest BCUT2D eigenvalue weighted by Crippen LogP contribution is -2.60. The summed E-state index contributed by atoms with van der Waals surface area (Å²) >= 11 is 0. The molecule has 0 aliphatic carbocycles. The summed E-state index contributed by atoms with van der Waals surface area (Å²) < 4.78 is 12.3. The number of carbonyl (C=O) groups is 2. The zero-order chi connectivity index (χ0) is 50.2. The van der Waals surface area contributed by atoms with Gasteiger partial charge in [0.05, 0.1) is 11.1 Å². The van der Waals surface area contributed by atoms with E-state index in [4.69, 9.17) is 9.47 Å². The van der Waals surface area contributed by atoms with E-state index in [0.717, 1.165) is 78.3 Å². The Morgan fingerprint density at radius 2 is 0.724 bits per heavy atom. The van der Waals surface area contributed by atoms with Crippen LogP contribution >= 0.6 is 0 Å². The van der Waals surface area contributed by atoms with Crippen LogP contribution in [0.15, 0.2) is 231 Å². The molecule has 6 nitrogen and oxygen atoms in total. The summed E-state index contributed by atoms with van der Waals surface area (Å²) in [7, 11) is 0. The fourth-order valence-electron chi connectivity index (χ4n) is 13.3. The second-order valence-corrected chi connectivity index (χ2v) is 20.5. The third-order valence-electron chi connectivity index (χ3n) is 16.4. The van der Waals surface area contributed by atoms with E-state index in [9.17, 15) is 9.59 Å². The summed E-state index contributed by atoms with van der Waals surface area (Å²) in [4.78, 5) is 33.7. The van der Waals surface area contributed by atoms with E-state index in [1.54, 1.807) is 0 Å². The van der Waals surface area contributed by atoms with Crippen LogP contribution in [0.1, 0.15) is 31.8 Å². The van der Waals surface area contributed by atoms with E-state index >= 15 is 0 Å². The van der Waals surface area contributed by atoms with Gasteiger partial charge in [0.15, 0.2) is 0 Å². The van der Waals surface area contributed by atoms with Crippen LogP contribution in [0.25, 0.3) is 54.6 Å². The number of nitrogens with zero attached hydrogens (tertiary/aromatic N) is 2. The molecule has 0 saturated heterocycles. The first-order valence-corrected chi connectivity index (χ1v) is 26.0. The van der Waals surface area contributed by atoms with Crippen LogP contribution in [0.3, 0.4) is 0 Å². The molecule has 4 aliphatic rings. The minimum absolute atomic E-state index is 0.133. The zero-order valence-electron chi connectivity index (χ0n) is 41.0. The highest BCUT2D eigenvalue weighted by Gasteiger charge is 2.45. The van der Waals surface area contributed by atoms with Crippen molar-refractivity contribution in [2.45, 2.75) is 13.2 Å². The van der Waals surface area contributed by atoms with Gasteiger partial charge in [-0.2, -0.15) is 0 Å². The molecule has 12 aromatic rings. The zero-order valence-corrected chi connectivity index (χ0v) is 41.0. The molecular weight excluding hydrogens is 930 g/mol. The Hall–Kier alpha value is -9.65. The topological polar surface area (TPSA) is 59.1 Å². The van der Waals surface area contributed by atoms with Crippen LogP contribution in [0.5, 0.6) is 0 Å². The summed E-state index contributed by atoms with van der Waals surface area (Å²) in [5, 5.41) is 7.12. The third-order valence-corrected chi connectivity index (χ3v) is 16.4. The largest absolute Gasteiger partial charge is 0.457 e. The average molecular weight is 973 g/mol. The molecule has 0 N–H and O–H groups in total. The Bertz CT molecular complexity index is 4130. The molecule has 8 heteroatoms. The summed E-state index contributed by atoms with van der Waals surface area (Å²) in [6, 6.07) is 80.5. The molecule has 0 saturated carbocycles. The lowest BCUT2D eigenvalue weighted by molar-refractivity contribution is 0.0464. The van der Waals surface area contributed by atoms with Crippen molar-refractivity contribution >= 4 is 125 Å².